The van der Waals surface area contributed by atoms with Crippen molar-refractivity contribution in [3.63, 3.8) is 0 Å². The molecule has 0 aromatic rings. The largest absolute Gasteiger partial charge is 0.444 e. The number of ether oxygens (including phenoxy) is 3. The summed E-state index contributed by atoms with van der Waals surface area (Å²) in [6.45, 7) is 11.5. The summed E-state index contributed by atoms with van der Waals surface area (Å²) in [7, 11) is 0. The molecule has 49 heavy (non-hydrogen) atoms. The number of carbonyl (C=O) groups is 3. The number of alkyl carbamates (subject to hydrolysis) is 1. The topological polar surface area (TPSA) is 129 Å². The van der Waals surface area contributed by atoms with Crippen LogP contribution < -0.4 is 16.4 Å². The zero-order valence-electron chi connectivity index (χ0n) is 32.7. The average molecular weight is 698 g/mol. The van der Waals surface area contributed by atoms with Crippen LogP contribution in [-0.2, 0) is 23.8 Å². The van der Waals surface area contributed by atoms with Gasteiger partial charge in [0.05, 0.1) is 19.1 Å². The van der Waals surface area contributed by atoms with Gasteiger partial charge in [-0.25, -0.2) is 4.79 Å². The van der Waals surface area contributed by atoms with Gasteiger partial charge in [-0.15, -0.1) is 0 Å². The number of unbranched alkanes of at least 4 members (excludes halogenated alkanes) is 22. The van der Waals surface area contributed by atoms with Crippen LogP contribution in [0.3, 0.4) is 0 Å². The molecule has 0 bridgehead atoms. The first-order valence-corrected chi connectivity index (χ1v) is 20.3. The quantitative estimate of drug-likeness (QED) is 0.0566. The Morgan fingerprint density at radius 2 is 1.02 bits per heavy atom. The van der Waals surface area contributed by atoms with Crippen LogP contribution in [0.25, 0.3) is 0 Å². The van der Waals surface area contributed by atoms with Gasteiger partial charge < -0.3 is 30.6 Å². The third-order valence-electron chi connectivity index (χ3n) is 8.71. The molecule has 2 atom stereocenters. The first kappa shape index (κ1) is 47.1. The van der Waals surface area contributed by atoms with Gasteiger partial charge in [0, 0.05) is 19.8 Å². The standard InChI is InChI=1S/C40H79N3O6/c1-6-8-10-12-14-16-18-20-22-24-26-28-30-47-34-35(48-31-29-27-25-23-21-19-17-15-13-11-9-7-2)33-42-38(45)36(32-37(41)44)43-39(46)49-40(3,4)5/h35-36H,6-34H2,1-5H3,(H2,41,44)(H,42,45)(H,43,46)/t35?,36-/m0/s1. The molecule has 0 spiro atoms. The smallest absolute Gasteiger partial charge is 0.408 e. The van der Waals surface area contributed by atoms with Gasteiger partial charge in [0.2, 0.25) is 11.8 Å². The molecule has 9 heteroatoms. The second kappa shape index (κ2) is 33.3. The molecule has 0 radical (unpaired) electrons. The summed E-state index contributed by atoms with van der Waals surface area (Å²) < 4.78 is 17.4. The molecule has 9 nitrogen and oxygen atoms in total. The van der Waals surface area contributed by atoms with Crippen molar-refractivity contribution < 1.29 is 28.6 Å². The van der Waals surface area contributed by atoms with Gasteiger partial charge in [0.25, 0.3) is 0 Å². The predicted molar refractivity (Wildman–Crippen MR) is 203 cm³/mol. The molecule has 3 amide bonds. The van der Waals surface area contributed by atoms with Crippen LogP contribution in [0, 0.1) is 0 Å². The number of rotatable bonds is 35. The summed E-state index contributed by atoms with van der Waals surface area (Å²) >= 11 is 0. The highest BCUT2D eigenvalue weighted by molar-refractivity contribution is 5.90. The summed E-state index contributed by atoms with van der Waals surface area (Å²) in [5.41, 5.74) is 4.62. The molecule has 0 fully saturated rings. The highest BCUT2D eigenvalue weighted by atomic mass is 16.6. The van der Waals surface area contributed by atoms with Crippen LogP contribution in [-0.4, -0.2) is 62.0 Å². The number of nitrogens with two attached hydrogens (primary N) is 1. The molecule has 0 aliphatic heterocycles. The Balaban J connectivity index is 4.54. The van der Waals surface area contributed by atoms with Crippen LogP contribution in [0.4, 0.5) is 4.79 Å². The van der Waals surface area contributed by atoms with Crippen LogP contribution >= 0.6 is 0 Å². The first-order chi connectivity index (χ1) is 23.6. The van der Waals surface area contributed by atoms with Crippen LogP contribution in [0.2, 0.25) is 0 Å². The van der Waals surface area contributed by atoms with E-state index in [1.54, 1.807) is 20.8 Å². The highest BCUT2D eigenvalue weighted by Crippen LogP contribution is 2.14. The Morgan fingerprint density at radius 3 is 1.43 bits per heavy atom. The van der Waals surface area contributed by atoms with Gasteiger partial charge in [0.1, 0.15) is 11.6 Å². The summed E-state index contributed by atoms with van der Waals surface area (Å²) in [5, 5.41) is 5.31. The van der Waals surface area contributed by atoms with E-state index < -0.39 is 29.6 Å². The zero-order chi connectivity index (χ0) is 36.4. The van der Waals surface area contributed by atoms with Crippen molar-refractivity contribution in [3.8, 4) is 0 Å². The molecular weight excluding hydrogens is 618 g/mol. The predicted octanol–water partition coefficient (Wildman–Crippen LogP) is 9.68. The lowest BCUT2D eigenvalue weighted by atomic mass is 10.1. The maximum atomic E-state index is 13.0. The van der Waals surface area contributed by atoms with E-state index in [-0.39, 0.29) is 19.1 Å². The lowest BCUT2D eigenvalue weighted by molar-refractivity contribution is -0.127. The molecule has 0 saturated heterocycles. The van der Waals surface area contributed by atoms with Crippen molar-refractivity contribution >= 4 is 17.9 Å². The van der Waals surface area contributed by atoms with Crippen molar-refractivity contribution in [3.05, 3.63) is 0 Å². The second-order valence-corrected chi connectivity index (χ2v) is 15.0. The maximum Gasteiger partial charge on any atom is 0.408 e. The minimum Gasteiger partial charge on any atom is -0.444 e. The van der Waals surface area contributed by atoms with Crippen LogP contribution in [0.15, 0.2) is 0 Å². The fraction of sp³-hybridized carbons (Fsp3) is 0.925. The minimum absolute atomic E-state index is 0.209. The lowest BCUT2D eigenvalue weighted by Crippen LogP contribution is -2.51. The number of hydrogen-bond donors (Lipinski definition) is 3. The summed E-state index contributed by atoms with van der Waals surface area (Å²) in [6, 6.07) is -1.13. The monoisotopic (exact) mass is 698 g/mol. The molecule has 4 N–H and O–H groups in total. The summed E-state index contributed by atoms with van der Waals surface area (Å²) in [6.07, 6.45) is 29.5. The fourth-order valence-electron chi connectivity index (χ4n) is 5.82. The normalized spacial score (nSPS) is 12.8. The van der Waals surface area contributed by atoms with Gasteiger partial charge in [-0.2, -0.15) is 0 Å². The van der Waals surface area contributed by atoms with Crippen LogP contribution in [0.1, 0.15) is 195 Å². The Kier molecular flexibility index (Phi) is 32.0. The number of hydrogen-bond acceptors (Lipinski definition) is 6. The molecule has 0 saturated carbocycles. The van der Waals surface area contributed by atoms with E-state index in [1.165, 1.54) is 128 Å². The van der Waals surface area contributed by atoms with E-state index in [0.29, 0.717) is 19.8 Å². The molecule has 0 aliphatic rings. The van der Waals surface area contributed by atoms with E-state index in [2.05, 4.69) is 24.5 Å². The maximum absolute atomic E-state index is 13.0. The Labute approximate surface area is 301 Å². The summed E-state index contributed by atoms with van der Waals surface area (Å²) in [5.74, 6) is -1.20. The van der Waals surface area contributed by atoms with Gasteiger partial charge in [-0.3, -0.25) is 9.59 Å². The van der Waals surface area contributed by atoms with Gasteiger partial charge in [-0.1, -0.05) is 155 Å². The van der Waals surface area contributed by atoms with E-state index >= 15 is 0 Å². The average Bonchev–Trinajstić information content (AvgIpc) is 3.03. The molecule has 0 aromatic heterocycles. The zero-order valence-corrected chi connectivity index (χ0v) is 32.7. The van der Waals surface area contributed by atoms with Crippen molar-refractivity contribution in [1.29, 1.82) is 0 Å². The minimum atomic E-state index is -1.13. The van der Waals surface area contributed by atoms with Gasteiger partial charge in [0.15, 0.2) is 0 Å². The number of amides is 3. The number of nitrogens with one attached hydrogen (secondary N) is 2. The van der Waals surface area contributed by atoms with E-state index in [1.807, 2.05) is 0 Å². The SMILES string of the molecule is CCCCCCCCCCCCCCOCC(CNC(=O)[C@H](CC(N)=O)NC(=O)OC(C)(C)C)OCCCCCCCCCCCCCC. The Hall–Kier alpha value is -1.87. The first-order valence-electron chi connectivity index (χ1n) is 20.3. The van der Waals surface area contributed by atoms with Gasteiger partial charge >= 0.3 is 6.09 Å². The summed E-state index contributed by atoms with van der Waals surface area (Å²) in [4.78, 5) is 36.9. The molecule has 290 valence electrons. The van der Waals surface area contributed by atoms with Crippen molar-refractivity contribution in [1.82, 2.24) is 10.6 Å². The molecular formula is C40H79N3O6. The van der Waals surface area contributed by atoms with E-state index in [0.717, 1.165) is 25.7 Å². The fourth-order valence-corrected chi connectivity index (χ4v) is 5.82. The van der Waals surface area contributed by atoms with Crippen molar-refractivity contribution in [2.45, 2.75) is 213 Å². The van der Waals surface area contributed by atoms with Crippen molar-refractivity contribution in [2.75, 3.05) is 26.4 Å². The second-order valence-electron chi connectivity index (χ2n) is 15.0. The number of carbonyl (C=O) groups excluding carboxylic acids is 3. The van der Waals surface area contributed by atoms with Crippen LogP contribution in [0.5, 0.6) is 0 Å². The molecule has 0 rings (SSSR count). The lowest BCUT2D eigenvalue weighted by Gasteiger charge is -2.24. The highest BCUT2D eigenvalue weighted by Gasteiger charge is 2.26. The molecule has 0 aromatic carbocycles. The van der Waals surface area contributed by atoms with E-state index in [9.17, 15) is 14.4 Å². The van der Waals surface area contributed by atoms with E-state index in [4.69, 9.17) is 19.9 Å². The third-order valence-corrected chi connectivity index (χ3v) is 8.71. The third kappa shape index (κ3) is 34.4. The molecule has 1 unspecified atom stereocenters. The van der Waals surface area contributed by atoms with Crippen molar-refractivity contribution in [2.24, 2.45) is 5.73 Å². The molecule has 0 heterocycles. The number of primary amides is 1. The van der Waals surface area contributed by atoms with Gasteiger partial charge in [-0.05, 0) is 33.6 Å². The Morgan fingerprint density at radius 1 is 0.612 bits per heavy atom. The Bertz CT molecular complexity index is 788. The molecule has 0 aliphatic carbocycles.